The number of aliphatic hydroxyl groups excluding tert-OH is 1. The summed E-state index contributed by atoms with van der Waals surface area (Å²) in [7, 11) is 0. The van der Waals surface area contributed by atoms with Gasteiger partial charge in [0.05, 0.1) is 6.10 Å². The van der Waals surface area contributed by atoms with Crippen LogP contribution in [-0.4, -0.2) is 10.7 Å². The van der Waals surface area contributed by atoms with Gasteiger partial charge in [0.15, 0.2) is 0 Å². The van der Waals surface area contributed by atoms with E-state index in [1.165, 1.54) is 12.8 Å². The highest BCUT2D eigenvalue weighted by atomic mass is 35.5. The fourth-order valence-electron chi connectivity index (χ4n) is 3.43. The summed E-state index contributed by atoms with van der Waals surface area (Å²) < 4.78 is 6.22. The number of ether oxygens (including phenoxy) is 1. The Morgan fingerprint density at radius 2 is 2.28 bits per heavy atom. The van der Waals surface area contributed by atoms with Crippen LogP contribution in [0.5, 0.6) is 5.75 Å². The van der Waals surface area contributed by atoms with Crippen molar-refractivity contribution in [3.63, 3.8) is 0 Å². The van der Waals surface area contributed by atoms with Crippen LogP contribution >= 0.6 is 11.6 Å². The molecule has 1 heterocycles. The Bertz CT molecular complexity index is 460. The van der Waals surface area contributed by atoms with E-state index in [1.807, 2.05) is 18.2 Å². The van der Waals surface area contributed by atoms with Crippen LogP contribution in [-0.2, 0) is 0 Å². The van der Waals surface area contributed by atoms with Crippen LogP contribution in [0.15, 0.2) is 18.2 Å². The van der Waals surface area contributed by atoms with E-state index in [-0.39, 0.29) is 5.60 Å². The number of rotatable bonds is 1. The molecule has 1 spiro atoms. The van der Waals surface area contributed by atoms with Crippen LogP contribution in [0.3, 0.4) is 0 Å². The standard InChI is InChI=1S/C15H19ClO2/c1-2-10-5-6-15(8-10)9-13(17)12-7-11(16)3-4-14(12)18-15/h3-4,7,10,13,17H,2,5-6,8-9H2,1H3/t10?,13-,15?/m0/s1. The second-order valence-electron chi connectivity index (χ2n) is 5.70. The molecule has 1 fully saturated rings. The van der Waals surface area contributed by atoms with Crippen molar-refractivity contribution in [2.24, 2.45) is 5.92 Å². The molecule has 0 aromatic heterocycles. The molecular weight excluding hydrogens is 248 g/mol. The Morgan fingerprint density at radius 1 is 1.44 bits per heavy atom. The maximum Gasteiger partial charge on any atom is 0.126 e. The summed E-state index contributed by atoms with van der Waals surface area (Å²) in [6, 6.07) is 5.54. The molecule has 3 rings (SSSR count). The quantitative estimate of drug-likeness (QED) is 0.829. The maximum atomic E-state index is 10.3. The SMILES string of the molecule is CCC1CCC2(C1)C[C@H](O)c1cc(Cl)ccc1O2. The number of halogens is 1. The van der Waals surface area contributed by atoms with E-state index >= 15 is 0 Å². The average Bonchev–Trinajstić information content (AvgIpc) is 2.73. The topological polar surface area (TPSA) is 29.5 Å². The van der Waals surface area contributed by atoms with Gasteiger partial charge in [-0.25, -0.2) is 0 Å². The molecule has 18 heavy (non-hydrogen) atoms. The van der Waals surface area contributed by atoms with Crippen molar-refractivity contribution >= 4 is 11.6 Å². The van der Waals surface area contributed by atoms with E-state index in [0.29, 0.717) is 11.4 Å². The summed E-state index contributed by atoms with van der Waals surface area (Å²) in [6.07, 6.45) is 4.81. The molecule has 1 aromatic rings. The number of hydrogen-bond donors (Lipinski definition) is 1. The van der Waals surface area contributed by atoms with Crippen LogP contribution < -0.4 is 4.74 Å². The second-order valence-corrected chi connectivity index (χ2v) is 6.14. The Morgan fingerprint density at radius 3 is 3.00 bits per heavy atom. The zero-order valence-corrected chi connectivity index (χ0v) is 11.4. The van der Waals surface area contributed by atoms with Crippen molar-refractivity contribution in [2.45, 2.75) is 50.7 Å². The first-order chi connectivity index (χ1) is 8.62. The highest BCUT2D eigenvalue weighted by molar-refractivity contribution is 6.30. The van der Waals surface area contributed by atoms with Gasteiger partial charge in [-0.15, -0.1) is 0 Å². The summed E-state index contributed by atoms with van der Waals surface area (Å²) >= 11 is 5.97. The minimum Gasteiger partial charge on any atom is -0.487 e. The lowest BCUT2D eigenvalue weighted by atomic mass is 9.86. The smallest absolute Gasteiger partial charge is 0.126 e. The molecule has 1 aliphatic carbocycles. The molecular formula is C15H19ClO2. The van der Waals surface area contributed by atoms with Gasteiger partial charge in [-0.05, 0) is 43.4 Å². The number of benzene rings is 1. The van der Waals surface area contributed by atoms with E-state index < -0.39 is 6.10 Å². The molecule has 1 aliphatic heterocycles. The summed E-state index contributed by atoms with van der Waals surface area (Å²) in [6.45, 7) is 2.23. The minimum absolute atomic E-state index is 0.138. The molecule has 2 nitrogen and oxygen atoms in total. The lowest BCUT2D eigenvalue weighted by Crippen LogP contribution is -2.38. The van der Waals surface area contributed by atoms with Gasteiger partial charge in [0, 0.05) is 17.0 Å². The molecule has 3 heteroatoms. The molecule has 0 amide bonds. The third-order valence-corrected chi connectivity index (χ3v) is 4.70. The zero-order chi connectivity index (χ0) is 12.8. The lowest BCUT2D eigenvalue weighted by molar-refractivity contribution is -0.0121. The Hall–Kier alpha value is -0.730. The van der Waals surface area contributed by atoms with Crippen LogP contribution in [0.25, 0.3) is 0 Å². The van der Waals surface area contributed by atoms with Gasteiger partial charge in [-0.2, -0.15) is 0 Å². The van der Waals surface area contributed by atoms with E-state index in [0.717, 1.165) is 30.1 Å². The molecule has 3 atom stereocenters. The largest absolute Gasteiger partial charge is 0.487 e. The van der Waals surface area contributed by atoms with Gasteiger partial charge in [-0.1, -0.05) is 24.9 Å². The molecule has 1 saturated carbocycles. The van der Waals surface area contributed by atoms with E-state index in [1.54, 1.807) is 0 Å². The van der Waals surface area contributed by atoms with Gasteiger partial charge in [0.25, 0.3) is 0 Å². The van der Waals surface area contributed by atoms with E-state index in [2.05, 4.69) is 6.92 Å². The zero-order valence-electron chi connectivity index (χ0n) is 10.7. The number of hydrogen-bond acceptors (Lipinski definition) is 2. The average molecular weight is 267 g/mol. The number of fused-ring (bicyclic) bond motifs is 1. The van der Waals surface area contributed by atoms with Crippen LogP contribution in [0.4, 0.5) is 0 Å². The van der Waals surface area contributed by atoms with Gasteiger partial charge in [0.2, 0.25) is 0 Å². The van der Waals surface area contributed by atoms with Crippen molar-refractivity contribution < 1.29 is 9.84 Å². The van der Waals surface area contributed by atoms with E-state index in [9.17, 15) is 5.11 Å². The maximum absolute atomic E-state index is 10.3. The van der Waals surface area contributed by atoms with Crippen molar-refractivity contribution in [1.29, 1.82) is 0 Å². The molecule has 2 aliphatic rings. The molecule has 1 N–H and O–H groups in total. The molecule has 0 saturated heterocycles. The molecule has 98 valence electrons. The van der Waals surface area contributed by atoms with E-state index in [4.69, 9.17) is 16.3 Å². The molecule has 0 radical (unpaired) electrons. The fourth-order valence-corrected chi connectivity index (χ4v) is 3.61. The van der Waals surface area contributed by atoms with Crippen molar-refractivity contribution in [3.8, 4) is 5.75 Å². The molecule has 2 unspecified atom stereocenters. The Labute approximate surface area is 113 Å². The first-order valence-electron chi connectivity index (χ1n) is 6.78. The first kappa shape index (κ1) is 12.3. The summed E-state index contributed by atoms with van der Waals surface area (Å²) in [5.74, 6) is 1.56. The van der Waals surface area contributed by atoms with Gasteiger partial charge in [-0.3, -0.25) is 0 Å². The second kappa shape index (κ2) is 4.43. The number of aliphatic hydroxyl groups is 1. The molecule has 0 bridgehead atoms. The van der Waals surface area contributed by atoms with Crippen LogP contribution in [0.2, 0.25) is 5.02 Å². The third kappa shape index (κ3) is 2.02. The van der Waals surface area contributed by atoms with Crippen molar-refractivity contribution in [2.75, 3.05) is 0 Å². The fraction of sp³-hybridized carbons (Fsp3) is 0.600. The van der Waals surface area contributed by atoms with Gasteiger partial charge in [0.1, 0.15) is 11.4 Å². The highest BCUT2D eigenvalue weighted by Crippen LogP contribution is 2.49. The van der Waals surface area contributed by atoms with Gasteiger partial charge >= 0.3 is 0 Å². The van der Waals surface area contributed by atoms with Crippen molar-refractivity contribution in [1.82, 2.24) is 0 Å². The Balaban J connectivity index is 1.90. The predicted octanol–water partition coefficient (Wildman–Crippen LogP) is 4.10. The highest BCUT2D eigenvalue weighted by Gasteiger charge is 2.45. The summed E-state index contributed by atoms with van der Waals surface area (Å²) in [4.78, 5) is 0. The van der Waals surface area contributed by atoms with Crippen LogP contribution in [0.1, 0.15) is 50.7 Å². The molecule has 1 aromatic carbocycles. The normalized spacial score (nSPS) is 34.4. The lowest BCUT2D eigenvalue weighted by Gasteiger charge is -2.38. The Kier molecular flexibility index (Phi) is 3.03. The predicted molar refractivity (Wildman–Crippen MR) is 72.0 cm³/mol. The summed E-state index contributed by atoms with van der Waals surface area (Å²) in [5.41, 5.74) is 0.703. The first-order valence-corrected chi connectivity index (χ1v) is 7.16. The van der Waals surface area contributed by atoms with Gasteiger partial charge < -0.3 is 9.84 Å². The van der Waals surface area contributed by atoms with Crippen LogP contribution in [0, 0.1) is 5.92 Å². The summed E-state index contributed by atoms with van der Waals surface area (Å²) in [5, 5.41) is 11.0. The van der Waals surface area contributed by atoms with Crippen molar-refractivity contribution in [3.05, 3.63) is 28.8 Å². The third-order valence-electron chi connectivity index (χ3n) is 4.47. The minimum atomic E-state index is -0.442. The monoisotopic (exact) mass is 266 g/mol.